The fourth-order valence-corrected chi connectivity index (χ4v) is 1.14. The van der Waals surface area contributed by atoms with Crippen molar-refractivity contribution >= 4 is 0 Å². The summed E-state index contributed by atoms with van der Waals surface area (Å²) in [4.78, 5) is 0. The minimum absolute atomic E-state index is 0.503. The molecule has 1 rings (SSSR count). The molecule has 1 unspecified atom stereocenters. The number of hydrogen-bond donors (Lipinski definition) is 0. The number of rotatable bonds is 3. The fourth-order valence-electron chi connectivity index (χ4n) is 1.14. The van der Waals surface area contributed by atoms with Crippen LogP contribution in [0.3, 0.4) is 0 Å². The quantitative estimate of drug-likeness (QED) is 0.663. The van der Waals surface area contributed by atoms with Gasteiger partial charge < -0.3 is 4.42 Å². The van der Waals surface area contributed by atoms with Gasteiger partial charge in [0.15, 0.2) is 0 Å². The lowest BCUT2D eigenvalue weighted by atomic mass is 10.1. The van der Waals surface area contributed by atoms with E-state index in [-0.39, 0.29) is 0 Å². The van der Waals surface area contributed by atoms with Crippen LogP contribution in [0.5, 0.6) is 0 Å². The van der Waals surface area contributed by atoms with Gasteiger partial charge in [-0.15, -0.1) is 0 Å². The van der Waals surface area contributed by atoms with Crippen LogP contribution in [0.1, 0.15) is 57.5 Å². The van der Waals surface area contributed by atoms with E-state index in [4.69, 9.17) is 4.42 Å². The molecule has 0 aliphatic heterocycles. The van der Waals surface area contributed by atoms with Crippen LogP contribution in [0.25, 0.3) is 0 Å². The second kappa shape index (κ2) is 3.79. The van der Waals surface area contributed by atoms with Gasteiger partial charge in [0, 0.05) is 11.8 Å². The van der Waals surface area contributed by atoms with Gasteiger partial charge in [-0.25, -0.2) is 0 Å². The van der Waals surface area contributed by atoms with Crippen molar-refractivity contribution in [3.63, 3.8) is 0 Å². The molecule has 1 aromatic rings. The molecule has 0 amide bonds. The molecule has 1 atom stereocenters. The molecular weight excluding hydrogens is 148 g/mol. The maximum Gasteiger partial charge on any atom is 0.106 e. The molecule has 0 saturated heterocycles. The van der Waals surface area contributed by atoms with Crippen molar-refractivity contribution in [1.29, 1.82) is 0 Å². The van der Waals surface area contributed by atoms with Crippen LogP contribution in [-0.4, -0.2) is 0 Å². The predicted octanol–water partition coefficient (Wildman–Crippen LogP) is 3.92. The first-order valence-corrected chi connectivity index (χ1v) is 4.74. The van der Waals surface area contributed by atoms with E-state index in [1.807, 2.05) is 0 Å². The number of furan rings is 1. The third-order valence-electron chi connectivity index (χ3n) is 2.31. The van der Waals surface area contributed by atoms with Crippen molar-refractivity contribution in [1.82, 2.24) is 0 Å². The first-order valence-electron chi connectivity index (χ1n) is 4.74. The average Bonchev–Trinajstić information content (AvgIpc) is 2.51. The summed E-state index contributed by atoms with van der Waals surface area (Å²) in [6.07, 6.45) is 1.14. The summed E-state index contributed by atoms with van der Waals surface area (Å²) >= 11 is 0. The molecule has 1 nitrogen and oxygen atoms in total. The van der Waals surface area contributed by atoms with Crippen LogP contribution in [-0.2, 0) is 0 Å². The lowest BCUT2D eigenvalue weighted by Crippen LogP contribution is -1.87. The first kappa shape index (κ1) is 9.37. The number of hydrogen-bond acceptors (Lipinski definition) is 1. The molecule has 1 heteroatoms. The van der Waals surface area contributed by atoms with Crippen LogP contribution < -0.4 is 0 Å². The second-order valence-corrected chi connectivity index (χ2v) is 3.70. The highest BCUT2D eigenvalue weighted by atomic mass is 16.3. The third kappa shape index (κ3) is 1.90. The van der Waals surface area contributed by atoms with E-state index in [1.54, 1.807) is 0 Å². The highest BCUT2D eigenvalue weighted by Gasteiger charge is 2.09. The Morgan fingerprint density at radius 1 is 1.17 bits per heavy atom. The maximum atomic E-state index is 5.70. The van der Waals surface area contributed by atoms with Gasteiger partial charge in [0.2, 0.25) is 0 Å². The zero-order valence-corrected chi connectivity index (χ0v) is 8.42. The molecule has 68 valence electrons. The monoisotopic (exact) mass is 166 g/mol. The van der Waals surface area contributed by atoms with Crippen molar-refractivity contribution in [2.45, 2.75) is 46.0 Å². The Labute approximate surface area is 74.8 Å². The van der Waals surface area contributed by atoms with Gasteiger partial charge in [-0.1, -0.05) is 27.7 Å². The molecular formula is C11H18O. The van der Waals surface area contributed by atoms with Gasteiger partial charge in [0.25, 0.3) is 0 Å². The summed E-state index contributed by atoms with van der Waals surface area (Å²) in [5, 5.41) is 0. The third-order valence-corrected chi connectivity index (χ3v) is 2.31. The summed E-state index contributed by atoms with van der Waals surface area (Å²) in [5.41, 5.74) is 0. The predicted molar refractivity (Wildman–Crippen MR) is 51.5 cm³/mol. The molecule has 0 aliphatic carbocycles. The van der Waals surface area contributed by atoms with Crippen LogP contribution >= 0.6 is 0 Å². The van der Waals surface area contributed by atoms with E-state index in [2.05, 4.69) is 39.8 Å². The summed E-state index contributed by atoms with van der Waals surface area (Å²) in [6, 6.07) is 4.19. The van der Waals surface area contributed by atoms with Gasteiger partial charge in [-0.05, 0) is 18.6 Å². The van der Waals surface area contributed by atoms with Crippen LogP contribution in [0, 0.1) is 0 Å². The van der Waals surface area contributed by atoms with E-state index >= 15 is 0 Å². The molecule has 1 aromatic heterocycles. The first-order chi connectivity index (χ1) is 5.65. The van der Waals surface area contributed by atoms with Crippen LogP contribution in [0.4, 0.5) is 0 Å². The zero-order valence-electron chi connectivity index (χ0n) is 8.42. The van der Waals surface area contributed by atoms with Gasteiger partial charge in [0.05, 0.1) is 0 Å². The van der Waals surface area contributed by atoms with Crippen molar-refractivity contribution in [3.05, 3.63) is 23.7 Å². The Bertz CT molecular complexity index is 235. The van der Waals surface area contributed by atoms with E-state index in [0.29, 0.717) is 11.8 Å². The lowest BCUT2D eigenvalue weighted by Gasteiger charge is -2.04. The normalized spacial score (nSPS) is 13.8. The molecule has 0 N–H and O–H groups in total. The van der Waals surface area contributed by atoms with Crippen molar-refractivity contribution in [2.75, 3.05) is 0 Å². The SMILES string of the molecule is CCC(C)c1ccc(C(C)C)o1. The van der Waals surface area contributed by atoms with Crippen molar-refractivity contribution in [2.24, 2.45) is 0 Å². The van der Waals surface area contributed by atoms with E-state index in [1.165, 1.54) is 0 Å². The Kier molecular flexibility index (Phi) is 2.96. The minimum Gasteiger partial charge on any atom is -0.466 e. The molecule has 0 aromatic carbocycles. The zero-order chi connectivity index (χ0) is 9.14. The van der Waals surface area contributed by atoms with Gasteiger partial charge in [0.1, 0.15) is 11.5 Å². The Morgan fingerprint density at radius 2 is 1.75 bits per heavy atom. The fraction of sp³-hybridized carbons (Fsp3) is 0.636. The summed E-state index contributed by atoms with van der Waals surface area (Å²) in [5.74, 6) is 3.28. The molecule has 0 aliphatic rings. The topological polar surface area (TPSA) is 13.1 Å². The molecule has 0 spiro atoms. The second-order valence-electron chi connectivity index (χ2n) is 3.70. The van der Waals surface area contributed by atoms with E-state index in [0.717, 1.165) is 17.9 Å². The molecule has 0 radical (unpaired) electrons. The molecule has 0 bridgehead atoms. The van der Waals surface area contributed by atoms with Crippen molar-refractivity contribution in [3.8, 4) is 0 Å². The van der Waals surface area contributed by atoms with Gasteiger partial charge >= 0.3 is 0 Å². The van der Waals surface area contributed by atoms with Crippen LogP contribution in [0.2, 0.25) is 0 Å². The summed E-state index contributed by atoms with van der Waals surface area (Å²) in [6.45, 7) is 8.68. The van der Waals surface area contributed by atoms with Crippen LogP contribution in [0.15, 0.2) is 16.5 Å². The minimum atomic E-state index is 0.503. The molecule has 0 fully saturated rings. The van der Waals surface area contributed by atoms with Gasteiger partial charge in [-0.2, -0.15) is 0 Å². The smallest absolute Gasteiger partial charge is 0.106 e. The van der Waals surface area contributed by atoms with Gasteiger partial charge in [-0.3, -0.25) is 0 Å². The summed E-state index contributed by atoms with van der Waals surface area (Å²) in [7, 11) is 0. The Morgan fingerprint density at radius 3 is 2.17 bits per heavy atom. The lowest BCUT2D eigenvalue weighted by molar-refractivity contribution is 0.421. The standard InChI is InChI=1S/C11H18O/c1-5-9(4)11-7-6-10(12-11)8(2)3/h6-9H,5H2,1-4H3. The van der Waals surface area contributed by atoms with Crippen molar-refractivity contribution < 1.29 is 4.42 Å². The highest BCUT2D eigenvalue weighted by Crippen LogP contribution is 2.24. The van der Waals surface area contributed by atoms with E-state index in [9.17, 15) is 0 Å². The summed E-state index contributed by atoms with van der Waals surface area (Å²) < 4.78 is 5.70. The Balaban J connectivity index is 2.77. The maximum absolute atomic E-state index is 5.70. The molecule has 12 heavy (non-hydrogen) atoms. The highest BCUT2D eigenvalue weighted by molar-refractivity contribution is 5.12. The molecule has 0 saturated carbocycles. The molecule has 1 heterocycles. The van der Waals surface area contributed by atoms with E-state index < -0.39 is 0 Å². The average molecular weight is 166 g/mol. The Hall–Kier alpha value is -0.720. The largest absolute Gasteiger partial charge is 0.466 e.